The third-order valence-electron chi connectivity index (χ3n) is 3.48. The predicted molar refractivity (Wildman–Crippen MR) is 79.9 cm³/mol. The highest BCUT2D eigenvalue weighted by atomic mass is 32.2. The second-order valence-corrected chi connectivity index (χ2v) is 6.33. The van der Waals surface area contributed by atoms with Gasteiger partial charge in [0.25, 0.3) is 0 Å². The fraction of sp³-hybridized carbons (Fsp3) is 0.429. The van der Waals surface area contributed by atoms with Crippen molar-refractivity contribution in [3.63, 3.8) is 0 Å². The summed E-state index contributed by atoms with van der Waals surface area (Å²) in [6, 6.07) is 4.67. The van der Waals surface area contributed by atoms with Gasteiger partial charge in [-0.25, -0.2) is 9.97 Å². The van der Waals surface area contributed by atoms with Gasteiger partial charge in [-0.1, -0.05) is 6.92 Å². The van der Waals surface area contributed by atoms with Crippen LogP contribution in [-0.2, 0) is 0 Å². The zero-order chi connectivity index (χ0) is 13.1. The monoisotopic (exact) mass is 274 g/mol. The molecule has 5 heteroatoms. The third kappa shape index (κ3) is 2.92. The first-order valence-corrected chi connectivity index (χ1v) is 7.70. The summed E-state index contributed by atoms with van der Waals surface area (Å²) in [5.41, 5.74) is 1.10. The number of imidazole rings is 1. The van der Waals surface area contributed by atoms with Crippen LogP contribution in [0.3, 0.4) is 0 Å². The second-order valence-electron chi connectivity index (χ2n) is 4.84. The summed E-state index contributed by atoms with van der Waals surface area (Å²) >= 11 is 2.05. The van der Waals surface area contributed by atoms with Crippen molar-refractivity contribution in [3.05, 3.63) is 37.1 Å². The summed E-state index contributed by atoms with van der Waals surface area (Å²) < 4.78 is 1.91. The van der Waals surface area contributed by atoms with E-state index in [0.717, 1.165) is 11.5 Å². The van der Waals surface area contributed by atoms with E-state index in [1.807, 2.05) is 23.0 Å². The van der Waals surface area contributed by atoms with Crippen LogP contribution in [0.15, 0.2) is 37.1 Å². The van der Waals surface area contributed by atoms with E-state index in [-0.39, 0.29) is 0 Å². The number of rotatable bonds is 3. The van der Waals surface area contributed by atoms with E-state index in [1.54, 1.807) is 12.5 Å². The minimum absolute atomic E-state index is 0.555. The van der Waals surface area contributed by atoms with Gasteiger partial charge in [0.15, 0.2) is 0 Å². The molecule has 19 heavy (non-hydrogen) atoms. The van der Waals surface area contributed by atoms with Crippen molar-refractivity contribution in [1.29, 1.82) is 0 Å². The average Bonchev–Trinajstić information content (AvgIpc) is 2.96. The fourth-order valence-corrected chi connectivity index (χ4v) is 3.49. The molecule has 0 aliphatic carbocycles. The van der Waals surface area contributed by atoms with Gasteiger partial charge in [0.1, 0.15) is 12.1 Å². The molecule has 2 unspecified atom stereocenters. The molecule has 0 aromatic carbocycles. The molecule has 1 N–H and O–H groups in total. The van der Waals surface area contributed by atoms with Crippen molar-refractivity contribution in [2.24, 2.45) is 0 Å². The number of aromatic nitrogens is 3. The van der Waals surface area contributed by atoms with Crippen LogP contribution in [0.4, 0.5) is 5.69 Å². The smallest absolute Gasteiger partial charge is 0.137 e. The number of thioether (sulfide) groups is 1. The molecule has 1 aliphatic heterocycles. The van der Waals surface area contributed by atoms with Crippen molar-refractivity contribution < 1.29 is 0 Å². The number of hydrogen-bond acceptors (Lipinski definition) is 4. The molecule has 2 aromatic heterocycles. The van der Waals surface area contributed by atoms with Crippen LogP contribution in [-0.4, -0.2) is 31.6 Å². The minimum Gasteiger partial charge on any atom is -0.380 e. The average molecular weight is 274 g/mol. The Bertz CT molecular complexity index is 509. The second kappa shape index (κ2) is 5.65. The van der Waals surface area contributed by atoms with E-state index in [4.69, 9.17) is 0 Å². The molecule has 2 aromatic rings. The lowest BCUT2D eigenvalue weighted by Gasteiger charge is -2.29. The zero-order valence-corrected chi connectivity index (χ0v) is 11.8. The SMILES string of the molecule is CC1SCCCC1Nc1ccc(-n2ccnc2)nc1. The zero-order valence-electron chi connectivity index (χ0n) is 11.0. The van der Waals surface area contributed by atoms with Gasteiger partial charge >= 0.3 is 0 Å². The largest absolute Gasteiger partial charge is 0.380 e. The molecule has 0 bridgehead atoms. The van der Waals surface area contributed by atoms with Crippen LogP contribution in [0.25, 0.3) is 5.82 Å². The quantitative estimate of drug-likeness (QED) is 0.934. The molecule has 1 aliphatic rings. The summed E-state index contributed by atoms with van der Waals surface area (Å²) in [4.78, 5) is 8.49. The number of pyridine rings is 1. The third-order valence-corrected chi connectivity index (χ3v) is 4.85. The van der Waals surface area contributed by atoms with Gasteiger partial charge < -0.3 is 5.32 Å². The molecule has 2 atom stereocenters. The van der Waals surface area contributed by atoms with E-state index in [1.165, 1.54) is 18.6 Å². The Balaban J connectivity index is 1.69. The molecule has 3 heterocycles. The first-order valence-electron chi connectivity index (χ1n) is 6.65. The van der Waals surface area contributed by atoms with E-state index >= 15 is 0 Å². The molecule has 100 valence electrons. The highest BCUT2D eigenvalue weighted by Crippen LogP contribution is 2.27. The summed E-state index contributed by atoms with van der Waals surface area (Å²) in [6.45, 7) is 2.30. The van der Waals surface area contributed by atoms with Gasteiger partial charge in [0.05, 0.1) is 11.9 Å². The van der Waals surface area contributed by atoms with Gasteiger partial charge in [-0.15, -0.1) is 0 Å². The Hall–Kier alpha value is -1.49. The maximum atomic E-state index is 4.47. The lowest BCUT2D eigenvalue weighted by atomic mass is 10.1. The van der Waals surface area contributed by atoms with E-state index in [0.29, 0.717) is 11.3 Å². The maximum absolute atomic E-state index is 4.47. The van der Waals surface area contributed by atoms with Gasteiger partial charge in [0, 0.05) is 23.7 Å². The Labute approximate surface area is 117 Å². The van der Waals surface area contributed by atoms with E-state index < -0.39 is 0 Å². The predicted octanol–water partition coefficient (Wildman–Crippen LogP) is 2.96. The Morgan fingerprint density at radius 1 is 1.42 bits per heavy atom. The van der Waals surface area contributed by atoms with Crippen molar-refractivity contribution in [3.8, 4) is 5.82 Å². The van der Waals surface area contributed by atoms with Crippen LogP contribution >= 0.6 is 11.8 Å². The molecular weight excluding hydrogens is 256 g/mol. The standard InChI is InChI=1S/C14H18N4S/c1-11-13(3-2-8-19-11)17-12-4-5-14(16-9-12)18-7-6-15-10-18/h4-7,9-11,13,17H,2-3,8H2,1H3. The summed E-state index contributed by atoms with van der Waals surface area (Å²) in [6.07, 6.45) is 9.87. The van der Waals surface area contributed by atoms with Crippen LogP contribution < -0.4 is 5.32 Å². The highest BCUT2D eigenvalue weighted by molar-refractivity contribution is 8.00. The highest BCUT2D eigenvalue weighted by Gasteiger charge is 2.21. The van der Waals surface area contributed by atoms with Crippen LogP contribution in [0.2, 0.25) is 0 Å². The summed E-state index contributed by atoms with van der Waals surface area (Å²) in [5, 5.41) is 4.26. The number of hydrogen-bond donors (Lipinski definition) is 1. The molecule has 1 fully saturated rings. The van der Waals surface area contributed by atoms with Crippen LogP contribution in [0, 0.1) is 0 Å². The Morgan fingerprint density at radius 3 is 3.05 bits per heavy atom. The Kier molecular flexibility index (Phi) is 3.73. The topological polar surface area (TPSA) is 42.7 Å². The molecule has 3 rings (SSSR count). The number of anilines is 1. The van der Waals surface area contributed by atoms with Gasteiger partial charge in [0.2, 0.25) is 0 Å². The molecule has 0 saturated carbocycles. The summed E-state index contributed by atoms with van der Waals surface area (Å²) in [7, 11) is 0. The van der Waals surface area contributed by atoms with Crippen LogP contribution in [0.5, 0.6) is 0 Å². The molecule has 0 amide bonds. The van der Waals surface area contributed by atoms with Crippen molar-refractivity contribution >= 4 is 17.4 Å². The molecule has 1 saturated heterocycles. The van der Waals surface area contributed by atoms with Crippen molar-refractivity contribution in [2.45, 2.75) is 31.1 Å². The molecular formula is C14H18N4S. The normalized spacial score (nSPS) is 23.2. The van der Waals surface area contributed by atoms with Crippen LogP contribution in [0.1, 0.15) is 19.8 Å². The molecule has 4 nitrogen and oxygen atoms in total. The lowest BCUT2D eigenvalue weighted by molar-refractivity contribution is 0.617. The van der Waals surface area contributed by atoms with Gasteiger partial charge in [-0.3, -0.25) is 4.57 Å². The lowest BCUT2D eigenvalue weighted by Crippen LogP contribution is -2.32. The number of nitrogens with zero attached hydrogens (tertiary/aromatic N) is 3. The van der Waals surface area contributed by atoms with Crippen molar-refractivity contribution in [1.82, 2.24) is 14.5 Å². The minimum atomic E-state index is 0.555. The maximum Gasteiger partial charge on any atom is 0.137 e. The van der Waals surface area contributed by atoms with E-state index in [9.17, 15) is 0 Å². The Morgan fingerprint density at radius 2 is 2.37 bits per heavy atom. The summed E-state index contributed by atoms with van der Waals surface area (Å²) in [5.74, 6) is 2.19. The number of nitrogens with one attached hydrogen (secondary N) is 1. The molecule has 0 radical (unpaired) electrons. The van der Waals surface area contributed by atoms with E-state index in [2.05, 4.69) is 40.0 Å². The van der Waals surface area contributed by atoms with Gasteiger partial charge in [-0.05, 0) is 30.7 Å². The fourth-order valence-electron chi connectivity index (χ4n) is 2.35. The first kappa shape index (κ1) is 12.5. The molecule has 0 spiro atoms. The first-order chi connectivity index (χ1) is 9.33. The van der Waals surface area contributed by atoms with Gasteiger partial charge in [-0.2, -0.15) is 11.8 Å². The van der Waals surface area contributed by atoms with Crippen molar-refractivity contribution in [2.75, 3.05) is 11.1 Å².